The lowest BCUT2D eigenvalue weighted by Gasteiger charge is -2.40. The van der Waals surface area contributed by atoms with E-state index in [1.54, 1.807) is 6.92 Å². The molecule has 4 rings (SSSR count). The molecule has 1 N–H and O–H groups in total. The van der Waals surface area contributed by atoms with E-state index in [-0.39, 0.29) is 18.8 Å². The smallest absolute Gasteiger partial charge is 0.236 e. The Bertz CT molecular complexity index is 694. The number of piperidine rings is 1. The van der Waals surface area contributed by atoms with Crippen LogP contribution in [0.15, 0.2) is 24.3 Å². The van der Waals surface area contributed by atoms with E-state index in [1.807, 2.05) is 4.90 Å². The van der Waals surface area contributed by atoms with E-state index < -0.39 is 0 Å². The third-order valence-electron chi connectivity index (χ3n) is 6.51. The van der Waals surface area contributed by atoms with E-state index in [2.05, 4.69) is 34.5 Å². The summed E-state index contributed by atoms with van der Waals surface area (Å²) in [4.78, 5) is 28.4. The number of carbonyl (C=O) groups excluding carboxylic acids is 2. The van der Waals surface area contributed by atoms with Gasteiger partial charge in [-0.25, -0.2) is 0 Å². The van der Waals surface area contributed by atoms with Crippen molar-refractivity contribution in [3.63, 3.8) is 0 Å². The molecule has 1 aromatic carbocycles. The SMILES string of the molecule is CC(=O)N[C@H]1CC2(CCN(CC(=O)N3CCCC3)CC2)c2ccccc21.[HH]. The first-order valence-corrected chi connectivity index (χ1v) is 9.94. The molecule has 3 aliphatic rings. The number of fused-ring (bicyclic) bond motifs is 2. The lowest BCUT2D eigenvalue weighted by molar-refractivity contribution is -0.131. The fourth-order valence-corrected chi connectivity index (χ4v) is 5.14. The van der Waals surface area contributed by atoms with Gasteiger partial charge in [0.05, 0.1) is 12.6 Å². The molecule has 0 bridgehead atoms. The molecule has 2 aliphatic heterocycles. The molecule has 0 saturated carbocycles. The van der Waals surface area contributed by atoms with Crippen LogP contribution in [0.2, 0.25) is 0 Å². The second-order valence-corrected chi connectivity index (χ2v) is 8.19. The Morgan fingerprint density at radius 1 is 1.15 bits per heavy atom. The average Bonchev–Trinajstić information content (AvgIpc) is 3.25. The summed E-state index contributed by atoms with van der Waals surface area (Å²) in [6, 6.07) is 8.70. The van der Waals surface area contributed by atoms with Gasteiger partial charge in [0, 0.05) is 26.9 Å². The number of likely N-dealkylation sites (tertiary alicyclic amines) is 2. The first kappa shape index (κ1) is 17.5. The maximum absolute atomic E-state index is 12.4. The Hall–Kier alpha value is -1.88. The van der Waals surface area contributed by atoms with E-state index >= 15 is 0 Å². The van der Waals surface area contributed by atoms with Crippen molar-refractivity contribution in [1.29, 1.82) is 0 Å². The van der Waals surface area contributed by atoms with E-state index in [1.165, 1.54) is 11.1 Å². The molecule has 1 aromatic rings. The van der Waals surface area contributed by atoms with Gasteiger partial charge in [-0.1, -0.05) is 24.3 Å². The maximum Gasteiger partial charge on any atom is 0.236 e. The lowest BCUT2D eigenvalue weighted by atomic mass is 9.73. The third-order valence-corrected chi connectivity index (χ3v) is 6.51. The molecule has 1 aliphatic carbocycles. The van der Waals surface area contributed by atoms with Gasteiger partial charge in [0.2, 0.25) is 11.8 Å². The lowest BCUT2D eigenvalue weighted by Crippen LogP contribution is -2.46. The zero-order valence-electron chi connectivity index (χ0n) is 15.7. The Labute approximate surface area is 157 Å². The molecule has 0 radical (unpaired) electrons. The van der Waals surface area contributed by atoms with Gasteiger partial charge in [0.15, 0.2) is 0 Å². The Morgan fingerprint density at radius 2 is 1.85 bits per heavy atom. The van der Waals surface area contributed by atoms with E-state index in [0.717, 1.165) is 58.3 Å². The van der Waals surface area contributed by atoms with Crippen LogP contribution in [0.3, 0.4) is 0 Å². The normalized spacial score (nSPS) is 24.7. The zero-order chi connectivity index (χ0) is 18.1. The molecule has 2 saturated heterocycles. The molecule has 2 heterocycles. The monoisotopic (exact) mass is 357 g/mol. The number of hydrogen-bond donors (Lipinski definition) is 1. The summed E-state index contributed by atoms with van der Waals surface area (Å²) in [5.74, 6) is 0.330. The van der Waals surface area contributed by atoms with Crippen LogP contribution in [0.1, 0.15) is 57.6 Å². The minimum Gasteiger partial charge on any atom is -0.349 e. The van der Waals surface area contributed by atoms with Crippen molar-refractivity contribution in [2.45, 2.75) is 50.5 Å². The van der Waals surface area contributed by atoms with Gasteiger partial charge in [-0.3, -0.25) is 14.5 Å². The van der Waals surface area contributed by atoms with Gasteiger partial charge in [0.25, 0.3) is 0 Å². The molecule has 26 heavy (non-hydrogen) atoms. The van der Waals surface area contributed by atoms with Crippen LogP contribution in [-0.4, -0.2) is 54.3 Å². The van der Waals surface area contributed by atoms with Gasteiger partial charge in [0.1, 0.15) is 0 Å². The number of nitrogens with zero attached hydrogens (tertiary/aromatic N) is 2. The molecular weight excluding hydrogens is 326 g/mol. The van der Waals surface area contributed by atoms with Crippen LogP contribution >= 0.6 is 0 Å². The third kappa shape index (κ3) is 3.25. The molecule has 0 unspecified atom stereocenters. The van der Waals surface area contributed by atoms with Crippen LogP contribution in [0.25, 0.3) is 0 Å². The number of hydrogen-bond acceptors (Lipinski definition) is 3. The van der Waals surface area contributed by atoms with Crippen molar-refractivity contribution in [1.82, 2.24) is 15.1 Å². The molecule has 5 nitrogen and oxygen atoms in total. The van der Waals surface area contributed by atoms with Crippen LogP contribution < -0.4 is 5.32 Å². The zero-order valence-corrected chi connectivity index (χ0v) is 15.7. The van der Waals surface area contributed by atoms with E-state index in [9.17, 15) is 9.59 Å². The van der Waals surface area contributed by atoms with Crippen molar-refractivity contribution in [2.75, 3.05) is 32.7 Å². The fraction of sp³-hybridized carbons (Fsp3) is 0.619. The minimum absolute atomic E-state index is 0. The Morgan fingerprint density at radius 3 is 2.54 bits per heavy atom. The van der Waals surface area contributed by atoms with Crippen molar-refractivity contribution in [3.05, 3.63) is 35.4 Å². The van der Waals surface area contributed by atoms with Gasteiger partial charge in [-0.15, -0.1) is 0 Å². The van der Waals surface area contributed by atoms with Crippen molar-refractivity contribution < 1.29 is 11.0 Å². The highest BCUT2D eigenvalue weighted by molar-refractivity contribution is 5.78. The Balaban J connectivity index is 0.00000210. The van der Waals surface area contributed by atoms with Crippen LogP contribution in [0.4, 0.5) is 0 Å². The molecular formula is C21H31N3O2. The number of nitrogens with one attached hydrogen (secondary N) is 1. The van der Waals surface area contributed by atoms with Crippen molar-refractivity contribution in [3.8, 4) is 0 Å². The highest BCUT2D eigenvalue weighted by Gasteiger charge is 2.45. The minimum atomic E-state index is 0. The van der Waals surface area contributed by atoms with Gasteiger partial charge >= 0.3 is 0 Å². The second-order valence-electron chi connectivity index (χ2n) is 8.19. The van der Waals surface area contributed by atoms with Crippen molar-refractivity contribution in [2.24, 2.45) is 0 Å². The average molecular weight is 357 g/mol. The summed E-state index contributed by atoms with van der Waals surface area (Å²) in [6.45, 7) is 5.94. The van der Waals surface area contributed by atoms with Crippen LogP contribution in [-0.2, 0) is 15.0 Å². The summed E-state index contributed by atoms with van der Waals surface area (Å²) >= 11 is 0. The topological polar surface area (TPSA) is 52.7 Å². The number of amides is 2. The van der Waals surface area contributed by atoms with Gasteiger partial charge in [-0.05, 0) is 56.3 Å². The molecule has 2 amide bonds. The Kier molecular flexibility index (Phi) is 4.74. The molecule has 2 fully saturated rings. The molecule has 142 valence electrons. The summed E-state index contributed by atoms with van der Waals surface area (Å²) in [7, 11) is 0. The summed E-state index contributed by atoms with van der Waals surface area (Å²) < 4.78 is 0. The van der Waals surface area contributed by atoms with E-state index in [0.29, 0.717) is 12.5 Å². The first-order valence-electron chi connectivity index (χ1n) is 9.94. The number of carbonyl (C=O) groups is 2. The van der Waals surface area contributed by atoms with E-state index in [4.69, 9.17) is 0 Å². The van der Waals surface area contributed by atoms with Gasteiger partial charge in [-0.2, -0.15) is 0 Å². The molecule has 1 atom stereocenters. The summed E-state index contributed by atoms with van der Waals surface area (Å²) in [5, 5.41) is 3.14. The fourth-order valence-electron chi connectivity index (χ4n) is 5.14. The molecule has 0 aromatic heterocycles. The molecule has 1 spiro atoms. The predicted octanol–water partition coefficient (Wildman–Crippen LogP) is 2.47. The number of rotatable bonds is 3. The maximum atomic E-state index is 12.4. The standard InChI is InChI=1S/C21H29N3O2.H2/c1-16(25)22-19-14-21(18-7-3-2-6-17(18)19)8-12-23(13-9-21)15-20(26)24-10-4-5-11-24;/h2-3,6-7,19H,4-5,8-15H2,1H3,(H,22,25);1H/t19-;/m0./s1. The molecule has 5 heteroatoms. The summed E-state index contributed by atoms with van der Waals surface area (Å²) in [5.41, 5.74) is 2.84. The predicted molar refractivity (Wildman–Crippen MR) is 103 cm³/mol. The quantitative estimate of drug-likeness (QED) is 0.904. The van der Waals surface area contributed by atoms with Crippen molar-refractivity contribution >= 4 is 11.8 Å². The highest BCUT2D eigenvalue weighted by atomic mass is 16.2. The highest BCUT2D eigenvalue weighted by Crippen LogP contribution is 2.50. The van der Waals surface area contributed by atoms with Crippen LogP contribution in [0.5, 0.6) is 0 Å². The largest absolute Gasteiger partial charge is 0.349 e. The first-order chi connectivity index (χ1) is 12.6. The van der Waals surface area contributed by atoms with Gasteiger partial charge < -0.3 is 10.2 Å². The second kappa shape index (κ2) is 7.03. The van der Waals surface area contributed by atoms with Crippen LogP contribution in [0, 0.1) is 0 Å². The number of benzene rings is 1. The summed E-state index contributed by atoms with van der Waals surface area (Å²) in [6.07, 6.45) is 5.41.